The fourth-order valence-corrected chi connectivity index (χ4v) is 2.36. The molecule has 7 heteroatoms. The molecule has 1 amide bonds. The quantitative estimate of drug-likeness (QED) is 0.849. The van der Waals surface area contributed by atoms with Gasteiger partial charge >= 0.3 is 0 Å². The highest BCUT2D eigenvalue weighted by molar-refractivity contribution is 5.82. The van der Waals surface area contributed by atoms with E-state index in [1.54, 1.807) is 0 Å². The molecule has 0 spiro atoms. The van der Waals surface area contributed by atoms with Crippen molar-refractivity contribution in [1.29, 1.82) is 0 Å². The minimum absolute atomic E-state index is 0.117. The summed E-state index contributed by atoms with van der Waals surface area (Å²) in [6.07, 6.45) is 0. The third-order valence-corrected chi connectivity index (χ3v) is 3.71. The second-order valence-electron chi connectivity index (χ2n) is 6.24. The van der Waals surface area contributed by atoms with Gasteiger partial charge in [0.05, 0.1) is 25.8 Å². The maximum Gasteiger partial charge on any atom is 0.240 e. The Morgan fingerprint density at radius 3 is 2.50 bits per heavy atom. The zero-order valence-electron chi connectivity index (χ0n) is 13.8. The smallest absolute Gasteiger partial charge is 0.240 e. The van der Waals surface area contributed by atoms with Gasteiger partial charge in [-0.3, -0.25) is 10.1 Å². The third-order valence-electron chi connectivity index (χ3n) is 3.71. The Morgan fingerprint density at radius 1 is 1.27 bits per heavy atom. The summed E-state index contributed by atoms with van der Waals surface area (Å²) in [5.74, 6) is 1.72. The number of ether oxygens (including phenoxy) is 1. The molecular formula is C15H26N4O3. The number of nitrogens with one attached hydrogen (secondary N) is 1. The molecule has 1 atom stereocenters. The zero-order valence-corrected chi connectivity index (χ0v) is 13.8. The van der Waals surface area contributed by atoms with Gasteiger partial charge in [0.1, 0.15) is 0 Å². The number of hydrogen-bond donors (Lipinski definition) is 1. The van der Waals surface area contributed by atoms with E-state index in [1.807, 2.05) is 32.6 Å². The molecule has 1 fully saturated rings. The van der Waals surface area contributed by atoms with Crippen molar-refractivity contribution >= 4 is 5.91 Å². The predicted molar refractivity (Wildman–Crippen MR) is 81.3 cm³/mol. The number of carbonyl (C=O) groups excluding carboxylic acids is 1. The summed E-state index contributed by atoms with van der Waals surface area (Å²) in [7, 11) is 0. The Bertz CT molecular complexity index is 481. The van der Waals surface area contributed by atoms with Gasteiger partial charge in [-0.25, -0.2) is 0 Å². The van der Waals surface area contributed by atoms with Crippen molar-refractivity contribution in [3.05, 3.63) is 11.7 Å². The number of nitrogens with zero attached hydrogens (tertiary/aromatic N) is 3. The highest BCUT2D eigenvalue weighted by atomic mass is 16.5. The van der Waals surface area contributed by atoms with Crippen molar-refractivity contribution in [3.63, 3.8) is 0 Å². The minimum atomic E-state index is -0.251. The first kappa shape index (κ1) is 16.9. The Balaban J connectivity index is 1.94. The minimum Gasteiger partial charge on any atom is -0.378 e. The molecule has 1 aliphatic heterocycles. The maximum atomic E-state index is 12.6. The summed E-state index contributed by atoms with van der Waals surface area (Å²) < 4.78 is 10.5. The van der Waals surface area contributed by atoms with Crippen LogP contribution in [-0.4, -0.2) is 53.3 Å². The zero-order chi connectivity index (χ0) is 16.1. The summed E-state index contributed by atoms with van der Waals surface area (Å²) in [5.41, 5.74) is 0. The van der Waals surface area contributed by atoms with Crippen LogP contribution in [0.3, 0.4) is 0 Å². The molecule has 0 saturated carbocycles. The largest absolute Gasteiger partial charge is 0.378 e. The molecule has 1 N–H and O–H groups in total. The molecule has 0 bridgehead atoms. The van der Waals surface area contributed by atoms with Crippen molar-refractivity contribution in [2.45, 2.75) is 46.2 Å². The predicted octanol–water partition coefficient (Wildman–Crippen LogP) is 1.17. The first-order chi connectivity index (χ1) is 10.5. The summed E-state index contributed by atoms with van der Waals surface area (Å²) >= 11 is 0. The lowest BCUT2D eigenvalue weighted by Crippen LogP contribution is -2.52. The summed E-state index contributed by atoms with van der Waals surface area (Å²) in [4.78, 5) is 18.8. The Labute approximate surface area is 131 Å². The number of aromatic nitrogens is 2. The first-order valence-corrected chi connectivity index (χ1v) is 7.91. The van der Waals surface area contributed by atoms with Crippen molar-refractivity contribution < 1.29 is 14.1 Å². The lowest BCUT2D eigenvalue weighted by Gasteiger charge is -2.32. The molecule has 0 aromatic carbocycles. The second-order valence-corrected chi connectivity index (χ2v) is 6.24. The fourth-order valence-electron chi connectivity index (χ4n) is 2.36. The van der Waals surface area contributed by atoms with E-state index in [-0.39, 0.29) is 23.8 Å². The van der Waals surface area contributed by atoms with Gasteiger partial charge in [-0.1, -0.05) is 32.9 Å². The van der Waals surface area contributed by atoms with Crippen LogP contribution in [0.4, 0.5) is 0 Å². The molecule has 2 heterocycles. The molecule has 0 aliphatic carbocycles. The van der Waals surface area contributed by atoms with Crippen LogP contribution in [0.25, 0.3) is 0 Å². The first-order valence-electron chi connectivity index (χ1n) is 7.91. The van der Waals surface area contributed by atoms with Gasteiger partial charge in [0.25, 0.3) is 0 Å². The molecule has 2 rings (SSSR count). The number of amides is 1. The molecule has 1 aromatic rings. The van der Waals surface area contributed by atoms with Crippen LogP contribution in [0.1, 0.15) is 45.3 Å². The monoisotopic (exact) mass is 310 g/mol. The SMILES string of the molecule is CC(C)c1nc(CNC(C(=O)N2CCOCC2)C(C)C)no1. The van der Waals surface area contributed by atoms with Crippen LogP contribution < -0.4 is 5.32 Å². The molecule has 1 saturated heterocycles. The summed E-state index contributed by atoms with van der Waals surface area (Å²) in [6.45, 7) is 11.0. The molecule has 1 unspecified atom stereocenters. The molecule has 22 heavy (non-hydrogen) atoms. The van der Waals surface area contributed by atoms with Gasteiger partial charge in [0.2, 0.25) is 11.8 Å². The Morgan fingerprint density at radius 2 is 1.95 bits per heavy atom. The average molecular weight is 310 g/mol. The molecular weight excluding hydrogens is 284 g/mol. The molecule has 7 nitrogen and oxygen atoms in total. The van der Waals surface area contributed by atoms with Crippen molar-refractivity contribution in [2.24, 2.45) is 5.92 Å². The van der Waals surface area contributed by atoms with Crippen LogP contribution in [0.2, 0.25) is 0 Å². The summed E-state index contributed by atoms with van der Waals surface area (Å²) in [6, 6.07) is -0.251. The number of rotatable bonds is 6. The number of morpholine rings is 1. The van der Waals surface area contributed by atoms with E-state index >= 15 is 0 Å². The normalized spacial score (nSPS) is 17.3. The van der Waals surface area contributed by atoms with E-state index in [1.165, 1.54) is 0 Å². The van der Waals surface area contributed by atoms with Gasteiger partial charge in [0.15, 0.2) is 5.82 Å². The highest BCUT2D eigenvalue weighted by Crippen LogP contribution is 2.12. The van der Waals surface area contributed by atoms with Gasteiger partial charge in [-0.15, -0.1) is 0 Å². The van der Waals surface area contributed by atoms with E-state index in [2.05, 4.69) is 15.5 Å². The van der Waals surface area contributed by atoms with E-state index in [0.717, 1.165) is 0 Å². The average Bonchev–Trinajstić information content (AvgIpc) is 2.97. The van der Waals surface area contributed by atoms with Crippen LogP contribution in [0.15, 0.2) is 4.52 Å². The maximum absolute atomic E-state index is 12.6. The fraction of sp³-hybridized carbons (Fsp3) is 0.800. The van der Waals surface area contributed by atoms with Crippen LogP contribution >= 0.6 is 0 Å². The Kier molecular flexibility index (Phi) is 5.90. The van der Waals surface area contributed by atoms with E-state index in [9.17, 15) is 4.79 Å². The van der Waals surface area contributed by atoms with Crippen molar-refractivity contribution in [2.75, 3.05) is 26.3 Å². The number of carbonyl (C=O) groups is 1. The van der Waals surface area contributed by atoms with Gasteiger partial charge in [-0.05, 0) is 5.92 Å². The van der Waals surface area contributed by atoms with Gasteiger partial charge < -0.3 is 14.2 Å². The van der Waals surface area contributed by atoms with E-state index in [4.69, 9.17) is 9.26 Å². The molecule has 0 radical (unpaired) electrons. The van der Waals surface area contributed by atoms with Crippen molar-refractivity contribution in [1.82, 2.24) is 20.4 Å². The van der Waals surface area contributed by atoms with Crippen LogP contribution in [0, 0.1) is 5.92 Å². The van der Waals surface area contributed by atoms with E-state index in [0.29, 0.717) is 44.6 Å². The van der Waals surface area contributed by atoms with Crippen LogP contribution in [0.5, 0.6) is 0 Å². The van der Waals surface area contributed by atoms with E-state index < -0.39 is 0 Å². The molecule has 1 aliphatic rings. The van der Waals surface area contributed by atoms with Gasteiger partial charge in [-0.2, -0.15) is 4.98 Å². The lowest BCUT2D eigenvalue weighted by molar-refractivity contribution is -0.138. The third kappa shape index (κ3) is 4.27. The van der Waals surface area contributed by atoms with Crippen LogP contribution in [-0.2, 0) is 16.1 Å². The second kappa shape index (κ2) is 7.69. The molecule has 124 valence electrons. The lowest BCUT2D eigenvalue weighted by atomic mass is 10.0. The standard InChI is InChI=1S/C15H26N4O3/c1-10(2)13(15(20)19-5-7-21-8-6-19)16-9-12-17-14(11(3)4)22-18-12/h10-11,13,16H,5-9H2,1-4H3. The van der Waals surface area contributed by atoms with Gasteiger partial charge in [0, 0.05) is 19.0 Å². The highest BCUT2D eigenvalue weighted by Gasteiger charge is 2.28. The Hall–Kier alpha value is -1.47. The topological polar surface area (TPSA) is 80.5 Å². The number of hydrogen-bond acceptors (Lipinski definition) is 6. The molecule has 1 aromatic heterocycles. The van der Waals surface area contributed by atoms with Crippen molar-refractivity contribution in [3.8, 4) is 0 Å². The summed E-state index contributed by atoms with van der Waals surface area (Å²) in [5, 5.41) is 7.21.